The highest BCUT2D eigenvalue weighted by Gasteiger charge is 2.36. The van der Waals surface area contributed by atoms with Gasteiger partial charge in [-0.25, -0.2) is 0 Å². The molecule has 0 spiro atoms. The van der Waals surface area contributed by atoms with Crippen molar-refractivity contribution in [2.24, 2.45) is 0 Å². The molecule has 2 nitrogen and oxygen atoms in total. The maximum Gasteiger partial charge on any atom is 0.0304 e. The molecule has 0 aromatic carbocycles. The normalized spacial score (nSPS) is 35.6. The van der Waals surface area contributed by atoms with Crippen LogP contribution in [0.4, 0.5) is 0 Å². The molecule has 1 heterocycles. The standard InChI is InChI=1S/C12H24N2/c1-3-12(8-5-9-13-12)10-14-11(2)6-4-7-11/h13-14H,3-10H2,1-2H3. The maximum atomic E-state index is 3.77. The van der Waals surface area contributed by atoms with E-state index in [0.29, 0.717) is 11.1 Å². The Morgan fingerprint density at radius 2 is 2.00 bits per heavy atom. The van der Waals surface area contributed by atoms with Gasteiger partial charge >= 0.3 is 0 Å². The van der Waals surface area contributed by atoms with Crippen LogP contribution >= 0.6 is 0 Å². The Labute approximate surface area is 87.8 Å². The SMILES string of the molecule is CCC1(CNC2(C)CCC2)CCCN1. The van der Waals surface area contributed by atoms with E-state index in [4.69, 9.17) is 0 Å². The van der Waals surface area contributed by atoms with Gasteiger partial charge in [-0.05, 0) is 52.0 Å². The van der Waals surface area contributed by atoms with E-state index in [1.54, 1.807) is 0 Å². The first-order chi connectivity index (χ1) is 6.68. The van der Waals surface area contributed by atoms with Crippen molar-refractivity contribution in [3.05, 3.63) is 0 Å². The van der Waals surface area contributed by atoms with Gasteiger partial charge in [-0.1, -0.05) is 6.92 Å². The van der Waals surface area contributed by atoms with Gasteiger partial charge in [-0.3, -0.25) is 0 Å². The molecule has 0 radical (unpaired) electrons. The minimum absolute atomic E-state index is 0.415. The second kappa shape index (κ2) is 3.82. The Balaban J connectivity index is 1.82. The quantitative estimate of drug-likeness (QED) is 0.719. The highest BCUT2D eigenvalue weighted by Crippen LogP contribution is 2.32. The van der Waals surface area contributed by atoms with Gasteiger partial charge in [0.15, 0.2) is 0 Å². The lowest BCUT2D eigenvalue weighted by molar-refractivity contribution is 0.182. The summed E-state index contributed by atoms with van der Waals surface area (Å²) in [5.41, 5.74) is 0.880. The molecule has 2 rings (SSSR count). The third-order valence-corrected chi connectivity index (χ3v) is 4.32. The van der Waals surface area contributed by atoms with Crippen molar-refractivity contribution in [3.63, 3.8) is 0 Å². The number of nitrogens with one attached hydrogen (secondary N) is 2. The Bertz CT molecular complexity index is 190. The van der Waals surface area contributed by atoms with Crippen LogP contribution in [0.15, 0.2) is 0 Å². The van der Waals surface area contributed by atoms with Gasteiger partial charge in [-0.2, -0.15) is 0 Å². The summed E-state index contributed by atoms with van der Waals surface area (Å²) in [5.74, 6) is 0. The van der Waals surface area contributed by atoms with Crippen LogP contribution in [0.3, 0.4) is 0 Å². The topological polar surface area (TPSA) is 24.1 Å². The van der Waals surface area contributed by atoms with Crippen LogP contribution in [0.2, 0.25) is 0 Å². The molecule has 2 N–H and O–H groups in total. The van der Waals surface area contributed by atoms with Crippen molar-refractivity contribution >= 4 is 0 Å². The van der Waals surface area contributed by atoms with E-state index in [2.05, 4.69) is 24.5 Å². The summed E-state index contributed by atoms with van der Waals surface area (Å²) < 4.78 is 0. The lowest BCUT2D eigenvalue weighted by atomic mass is 9.78. The van der Waals surface area contributed by atoms with Crippen LogP contribution < -0.4 is 10.6 Å². The van der Waals surface area contributed by atoms with Gasteiger partial charge in [0, 0.05) is 17.6 Å². The van der Waals surface area contributed by atoms with Crippen LogP contribution in [0.5, 0.6) is 0 Å². The van der Waals surface area contributed by atoms with Crippen LogP contribution in [-0.2, 0) is 0 Å². The lowest BCUT2D eigenvalue weighted by Gasteiger charge is -2.42. The average molecular weight is 196 g/mol. The fraction of sp³-hybridized carbons (Fsp3) is 1.00. The molecule has 1 unspecified atom stereocenters. The van der Waals surface area contributed by atoms with E-state index < -0.39 is 0 Å². The summed E-state index contributed by atoms with van der Waals surface area (Å²) in [6.07, 6.45) is 8.12. The molecule has 1 aliphatic carbocycles. The lowest BCUT2D eigenvalue weighted by Crippen LogP contribution is -2.56. The Morgan fingerprint density at radius 3 is 2.43 bits per heavy atom. The zero-order valence-corrected chi connectivity index (χ0v) is 9.66. The third kappa shape index (κ3) is 1.96. The van der Waals surface area contributed by atoms with Gasteiger partial charge in [-0.15, -0.1) is 0 Å². The first-order valence-electron chi connectivity index (χ1n) is 6.18. The highest BCUT2D eigenvalue weighted by atomic mass is 15.1. The molecule has 0 bridgehead atoms. The van der Waals surface area contributed by atoms with Crippen LogP contribution in [0.25, 0.3) is 0 Å². The Kier molecular flexibility index (Phi) is 2.85. The zero-order chi connectivity index (χ0) is 10.1. The van der Waals surface area contributed by atoms with Crippen molar-refractivity contribution in [1.29, 1.82) is 0 Å². The Morgan fingerprint density at radius 1 is 1.21 bits per heavy atom. The molecule has 2 heteroatoms. The first kappa shape index (κ1) is 10.4. The van der Waals surface area contributed by atoms with E-state index in [-0.39, 0.29) is 0 Å². The maximum absolute atomic E-state index is 3.77. The van der Waals surface area contributed by atoms with Gasteiger partial charge in [0.25, 0.3) is 0 Å². The number of hydrogen-bond donors (Lipinski definition) is 2. The molecular formula is C12H24N2. The van der Waals surface area contributed by atoms with Gasteiger partial charge < -0.3 is 10.6 Å². The molecular weight excluding hydrogens is 172 g/mol. The molecule has 1 atom stereocenters. The van der Waals surface area contributed by atoms with E-state index in [0.717, 1.165) is 0 Å². The highest BCUT2D eigenvalue weighted by molar-refractivity contribution is 4.99. The number of rotatable bonds is 4. The molecule has 82 valence electrons. The summed E-state index contributed by atoms with van der Waals surface area (Å²) in [6, 6.07) is 0. The van der Waals surface area contributed by atoms with Crippen LogP contribution in [0.1, 0.15) is 52.4 Å². The molecule has 2 aliphatic rings. The molecule has 1 saturated carbocycles. The molecule has 0 aromatic rings. The largest absolute Gasteiger partial charge is 0.310 e. The second-order valence-corrected chi connectivity index (χ2v) is 5.43. The van der Waals surface area contributed by atoms with E-state index in [1.807, 2.05) is 0 Å². The first-order valence-corrected chi connectivity index (χ1v) is 6.18. The Hall–Kier alpha value is -0.0800. The van der Waals surface area contributed by atoms with Crippen LogP contribution in [0, 0.1) is 0 Å². The summed E-state index contributed by atoms with van der Waals surface area (Å²) >= 11 is 0. The number of hydrogen-bond acceptors (Lipinski definition) is 2. The van der Waals surface area contributed by atoms with E-state index in [1.165, 1.54) is 51.6 Å². The summed E-state index contributed by atoms with van der Waals surface area (Å²) in [5, 5.41) is 7.44. The van der Waals surface area contributed by atoms with Gasteiger partial charge in [0.1, 0.15) is 0 Å². The molecule has 0 aromatic heterocycles. The van der Waals surface area contributed by atoms with Crippen molar-refractivity contribution in [1.82, 2.24) is 10.6 Å². The smallest absolute Gasteiger partial charge is 0.0304 e. The van der Waals surface area contributed by atoms with Gasteiger partial charge in [0.2, 0.25) is 0 Å². The van der Waals surface area contributed by atoms with Crippen molar-refractivity contribution in [3.8, 4) is 0 Å². The van der Waals surface area contributed by atoms with Crippen molar-refractivity contribution < 1.29 is 0 Å². The summed E-state index contributed by atoms with van der Waals surface area (Å²) in [6.45, 7) is 7.06. The van der Waals surface area contributed by atoms with E-state index in [9.17, 15) is 0 Å². The third-order valence-electron chi connectivity index (χ3n) is 4.32. The molecule has 0 amide bonds. The average Bonchev–Trinajstić information content (AvgIpc) is 2.61. The summed E-state index contributed by atoms with van der Waals surface area (Å²) in [7, 11) is 0. The molecule has 1 saturated heterocycles. The fourth-order valence-corrected chi connectivity index (χ4v) is 2.71. The van der Waals surface area contributed by atoms with Crippen LogP contribution in [-0.4, -0.2) is 24.2 Å². The molecule has 14 heavy (non-hydrogen) atoms. The summed E-state index contributed by atoms with van der Waals surface area (Å²) in [4.78, 5) is 0. The van der Waals surface area contributed by atoms with E-state index >= 15 is 0 Å². The minimum Gasteiger partial charge on any atom is -0.310 e. The molecule has 2 fully saturated rings. The minimum atomic E-state index is 0.415. The fourth-order valence-electron chi connectivity index (χ4n) is 2.71. The van der Waals surface area contributed by atoms with Gasteiger partial charge in [0.05, 0.1) is 0 Å². The monoisotopic (exact) mass is 196 g/mol. The molecule has 1 aliphatic heterocycles. The zero-order valence-electron chi connectivity index (χ0n) is 9.66. The van der Waals surface area contributed by atoms with Crippen molar-refractivity contribution in [2.45, 2.75) is 63.5 Å². The van der Waals surface area contributed by atoms with Crippen molar-refractivity contribution in [2.75, 3.05) is 13.1 Å². The second-order valence-electron chi connectivity index (χ2n) is 5.43. The predicted molar refractivity (Wildman–Crippen MR) is 60.5 cm³/mol. The predicted octanol–water partition coefficient (Wildman–Crippen LogP) is 2.05.